The number of ether oxygens (including phenoxy) is 1. The first-order valence-electron chi connectivity index (χ1n) is 8.10. The highest BCUT2D eigenvalue weighted by molar-refractivity contribution is 9.10. The second-order valence-corrected chi connectivity index (χ2v) is 6.97. The lowest BCUT2D eigenvalue weighted by Gasteiger charge is -2.21. The van der Waals surface area contributed by atoms with Crippen LogP contribution in [0, 0.1) is 0 Å². The largest absolute Gasteiger partial charge is 0.484 e. The topological polar surface area (TPSA) is 38.3 Å². The molecule has 3 nitrogen and oxygen atoms in total. The molecule has 0 heterocycles. The van der Waals surface area contributed by atoms with E-state index < -0.39 is 0 Å². The van der Waals surface area contributed by atoms with Gasteiger partial charge in [-0.25, -0.2) is 0 Å². The first-order valence-corrected chi connectivity index (χ1v) is 9.27. The Morgan fingerprint density at radius 1 is 0.962 bits per heavy atom. The van der Waals surface area contributed by atoms with Crippen molar-refractivity contribution in [3.05, 3.63) is 99.5 Å². The summed E-state index contributed by atoms with van der Waals surface area (Å²) < 4.78 is 6.48. The fourth-order valence-electron chi connectivity index (χ4n) is 2.58. The quantitative estimate of drug-likeness (QED) is 0.569. The van der Waals surface area contributed by atoms with E-state index in [-0.39, 0.29) is 18.6 Å². The summed E-state index contributed by atoms with van der Waals surface area (Å²) in [6, 6.07) is 24.3. The molecule has 0 aliphatic rings. The maximum absolute atomic E-state index is 12.5. The highest BCUT2D eigenvalue weighted by Gasteiger charge is 2.19. The van der Waals surface area contributed by atoms with Gasteiger partial charge in [-0.3, -0.25) is 4.79 Å². The first kappa shape index (κ1) is 18.5. The van der Waals surface area contributed by atoms with Gasteiger partial charge in [0.1, 0.15) is 5.75 Å². The van der Waals surface area contributed by atoms with Gasteiger partial charge in [-0.05, 0) is 41.5 Å². The molecule has 0 aliphatic carbocycles. The van der Waals surface area contributed by atoms with Crippen LogP contribution in [0.1, 0.15) is 17.2 Å². The zero-order valence-electron chi connectivity index (χ0n) is 13.9. The average Bonchev–Trinajstić information content (AvgIpc) is 2.67. The van der Waals surface area contributed by atoms with E-state index in [4.69, 9.17) is 16.3 Å². The molecule has 5 heteroatoms. The maximum Gasteiger partial charge on any atom is 0.258 e. The number of carbonyl (C=O) groups is 1. The molecule has 0 radical (unpaired) electrons. The minimum Gasteiger partial charge on any atom is -0.484 e. The van der Waals surface area contributed by atoms with Crippen molar-refractivity contribution in [3.63, 3.8) is 0 Å². The van der Waals surface area contributed by atoms with Crippen molar-refractivity contribution in [1.29, 1.82) is 0 Å². The number of benzene rings is 3. The highest BCUT2D eigenvalue weighted by atomic mass is 79.9. The van der Waals surface area contributed by atoms with Gasteiger partial charge in [0.15, 0.2) is 6.61 Å². The molecule has 1 atom stereocenters. The molecule has 0 aliphatic heterocycles. The summed E-state index contributed by atoms with van der Waals surface area (Å²) >= 11 is 9.43. The Kier molecular flexibility index (Phi) is 6.31. The molecular formula is C21H17BrClNO2. The molecule has 0 spiro atoms. The van der Waals surface area contributed by atoms with Gasteiger partial charge in [-0.15, -0.1) is 0 Å². The van der Waals surface area contributed by atoms with Crippen LogP contribution in [0.3, 0.4) is 0 Å². The van der Waals surface area contributed by atoms with E-state index in [1.54, 1.807) is 24.3 Å². The summed E-state index contributed by atoms with van der Waals surface area (Å²) in [5.74, 6) is 0.395. The number of nitrogens with one attached hydrogen (secondary N) is 1. The van der Waals surface area contributed by atoms with Gasteiger partial charge < -0.3 is 10.1 Å². The average molecular weight is 431 g/mol. The van der Waals surface area contributed by atoms with Crippen molar-refractivity contribution in [3.8, 4) is 5.75 Å². The fourth-order valence-corrected chi connectivity index (χ4v) is 3.22. The Morgan fingerprint density at radius 2 is 1.62 bits per heavy atom. The molecule has 0 saturated carbocycles. The molecule has 26 heavy (non-hydrogen) atoms. The molecular weight excluding hydrogens is 414 g/mol. The minimum absolute atomic E-state index is 0.0740. The van der Waals surface area contributed by atoms with Gasteiger partial charge in [0, 0.05) is 9.50 Å². The summed E-state index contributed by atoms with van der Waals surface area (Å²) in [7, 11) is 0. The van der Waals surface area contributed by atoms with Gasteiger partial charge in [0.05, 0.1) is 6.04 Å². The van der Waals surface area contributed by atoms with E-state index in [9.17, 15) is 4.79 Å². The van der Waals surface area contributed by atoms with E-state index >= 15 is 0 Å². The zero-order valence-corrected chi connectivity index (χ0v) is 16.2. The Labute approximate surface area is 166 Å². The molecule has 3 aromatic rings. The maximum atomic E-state index is 12.5. The van der Waals surface area contributed by atoms with Crippen molar-refractivity contribution < 1.29 is 9.53 Å². The lowest BCUT2D eigenvalue weighted by atomic mass is 9.99. The van der Waals surface area contributed by atoms with E-state index in [1.165, 1.54) is 0 Å². The van der Waals surface area contributed by atoms with Gasteiger partial charge in [0.2, 0.25) is 0 Å². The van der Waals surface area contributed by atoms with Gasteiger partial charge >= 0.3 is 0 Å². The third-order valence-electron chi connectivity index (χ3n) is 3.84. The van der Waals surface area contributed by atoms with Crippen LogP contribution in [0.5, 0.6) is 5.75 Å². The van der Waals surface area contributed by atoms with Crippen LogP contribution in [-0.4, -0.2) is 12.5 Å². The van der Waals surface area contributed by atoms with Crippen LogP contribution in [-0.2, 0) is 4.79 Å². The summed E-state index contributed by atoms with van der Waals surface area (Å²) in [6.45, 7) is -0.0740. The first-order chi connectivity index (χ1) is 12.6. The predicted octanol–water partition coefficient (Wildman–Crippen LogP) is 5.39. The number of rotatable bonds is 6. The minimum atomic E-state index is -0.270. The third kappa shape index (κ3) is 4.87. The van der Waals surface area contributed by atoms with Crippen LogP contribution < -0.4 is 10.1 Å². The third-order valence-corrected chi connectivity index (χ3v) is 4.81. The molecule has 132 valence electrons. The van der Waals surface area contributed by atoms with Crippen molar-refractivity contribution in [2.75, 3.05) is 6.61 Å². The van der Waals surface area contributed by atoms with Crippen LogP contribution in [0.15, 0.2) is 83.3 Å². The smallest absolute Gasteiger partial charge is 0.258 e. The normalized spacial score (nSPS) is 11.6. The SMILES string of the molecule is O=C(COc1ccc(Cl)cc1)NC(c1ccccc1)c1ccccc1Br. The lowest BCUT2D eigenvalue weighted by molar-refractivity contribution is -0.123. The Hall–Kier alpha value is -2.30. The van der Waals surface area contributed by atoms with Crippen molar-refractivity contribution in [2.24, 2.45) is 0 Å². The second kappa shape index (κ2) is 8.88. The van der Waals surface area contributed by atoms with Crippen LogP contribution >= 0.6 is 27.5 Å². The van der Waals surface area contributed by atoms with Crippen LogP contribution in [0.2, 0.25) is 5.02 Å². The van der Waals surface area contributed by atoms with E-state index in [0.717, 1.165) is 15.6 Å². The van der Waals surface area contributed by atoms with Gasteiger partial charge in [-0.2, -0.15) is 0 Å². The van der Waals surface area contributed by atoms with E-state index in [2.05, 4.69) is 21.2 Å². The molecule has 1 amide bonds. The number of hydrogen-bond acceptors (Lipinski definition) is 2. The van der Waals surface area contributed by atoms with Crippen LogP contribution in [0.4, 0.5) is 0 Å². The van der Waals surface area contributed by atoms with Gasteiger partial charge in [0.25, 0.3) is 5.91 Å². The number of hydrogen-bond donors (Lipinski definition) is 1. The Bertz CT molecular complexity index is 869. The molecule has 0 fully saturated rings. The number of carbonyl (C=O) groups excluding carboxylic acids is 1. The zero-order chi connectivity index (χ0) is 18.4. The molecule has 0 aromatic heterocycles. The summed E-state index contributed by atoms with van der Waals surface area (Å²) in [6.07, 6.45) is 0. The highest BCUT2D eigenvalue weighted by Crippen LogP contribution is 2.28. The monoisotopic (exact) mass is 429 g/mol. The summed E-state index contributed by atoms with van der Waals surface area (Å²) in [5, 5.41) is 3.68. The van der Waals surface area contributed by atoms with E-state index in [1.807, 2.05) is 54.6 Å². The summed E-state index contributed by atoms with van der Waals surface area (Å²) in [5.41, 5.74) is 1.98. The van der Waals surface area contributed by atoms with Gasteiger partial charge in [-0.1, -0.05) is 76.1 Å². The van der Waals surface area contributed by atoms with Crippen LogP contribution in [0.25, 0.3) is 0 Å². The summed E-state index contributed by atoms with van der Waals surface area (Å²) in [4.78, 5) is 12.5. The second-order valence-electron chi connectivity index (χ2n) is 5.68. The van der Waals surface area contributed by atoms with E-state index in [0.29, 0.717) is 10.8 Å². The van der Waals surface area contributed by atoms with Crippen molar-refractivity contribution >= 4 is 33.4 Å². The van der Waals surface area contributed by atoms with Crippen molar-refractivity contribution in [2.45, 2.75) is 6.04 Å². The standard InChI is InChI=1S/C21H17BrClNO2/c22-19-9-5-4-8-18(19)21(15-6-2-1-3-7-15)24-20(25)14-26-17-12-10-16(23)11-13-17/h1-13,21H,14H2,(H,24,25). The number of amides is 1. The molecule has 3 aromatic carbocycles. The Balaban J connectivity index is 1.74. The molecule has 0 bridgehead atoms. The fraction of sp³-hybridized carbons (Fsp3) is 0.0952. The lowest BCUT2D eigenvalue weighted by Crippen LogP contribution is -2.33. The molecule has 1 unspecified atom stereocenters. The predicted molar refractivity (Wildman–Crippen MR) is 108 cm³/mol. The number of halogens is 2. The Morgan fingerprint density at radius 3 is 2.31 bits per heavy atom. The molecule has 1 N–H and O–H groups in total. The van der Waals surface area contributed by atoms with Crippen molar-refractivity contribution in [1.82, 2.24) is 5.32 Å². The molecule has 0 saturated heterocycles. The molecule has 3 rings (SSSR count).